The number of carbonyl (C=O) groups excluding carboxylic acids is 2. The van der Waals surface area contributed by atoms with Crippen LogP contribution in [0.1, 0.15) is 15.9 Å². The van der Waals surface area contributed by atoms with Crippen molar-refractivity contribution in [1.29, 1.82) is 0 Å². The molecular weight excluding hydrogens is 381 g/mol. The number of phenolic OH excluding ortho intramolecular Hbond substituents is 1. The van der Waals surface area contributed by atoms with Crippen molar-refractivity contribution in [3.05, 3.63) is 63.9 Å². The predicted octanol–water partition coefficient (Wildman–Crippen LogP) is 2.17. The van der Waals surface area contributed by atoms with E-state index in [0.717, 1.165) is 16.6 Å². The number of halogens is 2. The molecule has 0 spiro atoms. The van der Waals surface area contributed by atoms with Crippen molar-refractivity contribution >= 4 is 34.0 Å². The Hall–Kier alpha value is -2.74. The average Bonchev–Trinajstić information content (AvgIpc) is 2.56. The molecule has 0 aliphatic rings. The second-order valence-electron chi connectivity index (χ2n) is 4.69. The van der Waals surface area contributed by atoms with Gasteiger partial charge in [0.2, 0.25) is 0 Å². The van der Waals surface area contributed by atoms with Gasteiger partial charge in [0, 0.05) is 15.6 Å². The third-order valence-corrected chi connectivity index (χ3v) is 3.39. The molecule has 3 N–H and O–H groups in total. The summed E-state index contributed by atoms with van der Waals surface area (Å²) >= 11 is 3.25. The fraction of sp³-hybridized carbons (Fsp3) is 0.0625. The Morgan fingerprint density at radius 3 is 2.62 bits per heavy atom. The first-order valence-corrected chi connectivity index (χ1v) is 7.59. The predicted molar refractivity (Wildman–Crippen MR) is 90.3 cm³/mol. The van der Waals surface area contributed by atoms with Crippen molar-refractivity contribution in [1.82, 2.24) is 10.7 Å². The standard InChI is InChI=1S/C16H13BrFN3O3/c17-12-3-6-14(22)11(7-12)8-20-21-15(23)9-19-16(24)10-1-4-13(18)5-2-10/h1-8,22H,9H2,(H,19,24)(H,21,23)/b20-8-. The van der Waals surface area contributed by atoms with Crippen LogP contribution in [0.5, 0.6) is 5.75 Å². The molecule has 0 bridgehead atoms. The zero-order chi connectivity index (χ0) is 17.5. The molecule has 0 atom stereocenters. The summed E-state index contributed by atoms with van der Waals surface area (Å²) in [5.41, 5.74) is 2.88. The number of amides is 2. The van der Waals surface area contributed by atoms with Crippen LogP contribution in [0.4, 0.5) is 4.39 Å². The minimum Gasteiger partial charge on any atom is -0.507 e. The van der Waals surface area contributed by atoms with Gasteiger partial charge in [0.1, 0.15) is 11.6 Å². The number of hydrogen-bond donors (Lipinski definition) is 3. The van der Waals surface area contributed by atoms with Crippen molar-refractivity contribution in [2.24, 2.45) is 5.10 Å². The third kappa shape index (κ3) is 5.17. The van der Waals surface area contributed by atoms with Crippen LogP contribution in [0, 0.1) is 5.82 Å². The molecule has 0 radical (unpaired) electrons. The zero-order valence-electron chi connectivity index (χ0n) is 12.3. The van der Waals surface area contributed by atoms with Gasteiger partial charge >= 0.3 is 0 Å². The molecule has 2 aromatic rings. The minimum atomic E-state index is -0.545. The van der Waals surface area contributed by atoms with E-state index in [9.17, 15) is 19.1 Å². The van der Waals surface area contributed by atoms with Crippen LogP contribution in [0.3, 0.4) is 0 Å². The van der Waals surface area contributed by atoms with Gasteiger partial charge in [-0.1, -0.05) is 15.9 Å². The number of phenols is 1. The van der Waals surface area contributed by atoms with E-state index in [1.54, 1.807) is 12.1 Å². The number of nitrogens with one attached hydrogen (secondary N) is 2. The maximum absolute atomic E-state index is 12.8. The lowest BCUT2D eigenvalue weighted by Crippen LogP contribution is -2.34. The van der Waals surface area contributed by atoms with Gasteiger partial charge in [-0.2, -0.15) is 5.10 Å². The number of carbonyl (C=O) groups is 2. The maximum Gasteiger partial charge on any atom is 0.259 e. The molecule has 8 heteroatoms. The van der Waals surface area contributed by atoms with Crippen LogP contribution >= 0.6 is 15.9 Å². The van der Waals surface area contributed by atoms with Crippen molar-refractivity contribution < 1.29 is 19.1 Å². The molecule has 2 rings (SSSR count). The smallest absolute Gasteiger partial charge is 0.259 e. The van der Waals surface area contributed by atoms with E-state index in [-0.39, 0.29) is 17.9 Å². The highest BCUT2D eigenvalue weighted by Gasteiger charge is 2.07. The molecule has 6 nitrogen and oxygen atoms in total. The maximum atomic E-state index is 12.8. The Morgan fingerprint density at radius 1 is 1.21 bits per heavy atom. The molecule has 2 amide bonds. The van der Waals surface area contributed by atoms with Gasteiger partial charge in [-0.05, 0) is 42.5 Å². The number of aromatic hydroxyl groups is 1. The molecule has 0 aromatic heterocycles. The summed E-state index contributed by atoms with van der Waals surface area (Å²) in [7, 11) is 0. The van der Waals surface area contributed by atoms with Crippen molar-refractivity contribution in [3.8, 4) is 5.75 Å². The fourth-order valence-electron chi connectivity index (χ4n) is 1.71. The SMILES string of the molecule is O=C(CNC(=O)c1ccc(F)cc1)N/N=C\c1cc(Br)ccc1O. The summed E-state index contributed by atoms with van der Waals surface area (Å²) in [4.78, 5) is 23.4. The second-order valence-corrected chi connectivity index (χ2v) is 5.60. The lowest BCUT2D eigenvalue weighted by atomic mass is 10.2. The highest BCUT2D eigenvalue weighted by atomic mass is 79.9. The van der Waals surface area contributed by atoms with Gasteiger partial charge in [-0.25, -0.2) is 9.82 Å². The van der Waals surface area contributed by atoms with Crippen molar-refractivity contribution in [2.75, 3.05) is 6.54 Å². The Kier molecular flexibility index (Phi) is 6.02. The molecule has 24 heavy (non-hydrogen) atoms. The van der Waals surface area contributed by atoms with E-state index in [0.29, 0.717) is 5.56 Å². The minimum absolute atomic E-state index is 0.0146. The highest BCUT2D eigenvalue weighted by Crippen LogP contribution is 2.19. The first kappa shape index (κ1) is 17.6. The number of rotatable bonds is 5. The Bertz CT molecular complexity index is 779. The summed E-state index contributed by atoms with van der Waals surface area (Å²) in [5.74, 6) is -1.48. The molecule has 0 aliphatic heterocycles. The van der Waals surface area contributed by atoms with Crippen LogP contribution in [-0.2, 0) is 4.79 Å². The van der Waals surface area contributed by atoms with E-state index in [2.05, 4.69) is 31.8 Å². The Labute approximate surface area is 145 Å². The monoisotopic (exact) mass is 393 g/mol. The van der Waals surface area contributed by atoms with E-state index < -0.39 is 17.6 Å². The summed E-state index contributed by atoms with van der Waals surface area (Å²) < 4.78 is 13.5. The largest absolute Gasteiger partial charge is 0.507 e. The van der Waals surface area contributed by atoms with Gasteiger partial charge in [-0.15, -0.1) is 0 Å². The molecule has 2 aromatic carbocycles. The Morgan fingerprint density at radius 2 is 1.92 bits per heavy atom. The van der Waals surface area contributed by atoms with E-state index in [1.165, 1.54) is 24.4 Å². The van der Waals surface area contributed by atoms with Gasteiger partial charge in [-0.3, -0.25) is 9.59 Å². The lowest BCUT2D eigenvalue weighted by molar-refractivity contribution is -0.120. The number of hydrazone groups is 1. The molecule has 0 unspecified atom stereocenters. The van der Waals surface area contributed by atoms with Gasteiger partial charge in [0.05, 0.1) is 12.8 Å². The van der Waals surface area contributed by atoms with Crippen LogP contribution in [0.2, 0.25) is 0 Å². The van der Waals surface area contributed by atoms with Crippen LogP contribution in [0.25, 0.3) is 0 Å². The lowest BCUT2D eigenvalue weighted by Gasteiger charge is -2.04. The quantitative estimate of drug-likeness (QED) is 0.536. The molecule has 0 aliphatic carbocycles. The summed E-state index contributed by atoms with van der Waals surface area (Å²) in [5, 5.41) is 15.7. The van der Waals surface area contributed by atoms with Crippen molar-refractivity contribution in [2.45, 2.75) is 0 Å². The van der Waals surface area contributed by atoms with Gasteiger partial charge in [0.25, 0.3) is 11.8 Å². The topological polar surface area (TPSA) is 90.8 Å². The molecule has 124 valence electrons. The summed E-state index contributed by atoms with van der Waals surface area (Å²) in [6.07, 6.45) is 1.28. The van der Waals surface area contributed by atoms with Crippen LogP contribution in [-0.4, -0.2) is 29.7 Å². The summed E-state index contributed by atoms with van der Waals surface area (Å²) in [6.45, 7) is -0.294. The van der Waals surface area contributed by atoms with Crippen molar-refractivity contribution in [3.63, 3.8) is 0 Å². The number of nitrogens with zero attached hydrogens (tertiary/aromatic N) is 1. The number of benzene rings is 2. The van der Waals surface area contributed by atoms with E-state index in [1.807, 2.05) is 0 Å². The first-order chi connectivity index (χ1) is 11.5. The molecular formula is C16H13BrFN3O3. The third-order valence-electron chi connectivity index (χ3n) is 2.90. The molecule has 0 saturated carbocycles. The highest BCUT2D eigenvalue weighted by molar-refractivity contribution is 9.10. The Balaban J connectivity index is 1.83. The first-order valence-electron chi connectivity index (χ1n) is 6.80. The summed E-state index contributed by atoms with van der Waals surface area (Å²) in [6, 6.07) is 9.72. The second kappa shape index (κ2) is 8.21. The van der Waals surface area contributed by atoms with Gasteiger partial charge < -0.3 is 10.4 Å². The molecule has 0 heterocycles. The zero-order valence-corrected chi connectivity index (χ0v) is 13.9. The van der Waals surface area contributed by atoms with E-state index >= 15 is 0 Å². The fourth-order valence-corrected chi connectivity index (χ4v) is 2.08. The normalized spacial score (nSPS) is 10.6. The average molecular weight is 394 g/mol. The van der Waals surface area contributed by atoms with E-state index in [4.69, 9.17) is 0 Å². The van der Waals surface area contributed by atoms with Gasteiger partial charge in [0.15, 0.2) is 0 Å². The van der Waals surface area contributed by atoms with Crippen LogP contribution in [0.15, 0.2) is 52.0 Å². The molecule has 0 fully saturated rings. The number of hydrogen-bond acceptors (Lipinski definition) is 4. The molecule has 0 saturated heterocycles. The van der Waals surface area contributed by atoms with Crippen LogP contribution < -0.4 is 10.7 Å².